The largest absolute Gasteiger partial charge is 0.478 e. The molecular formula is C22H20O4. The number of hydrogen-bond donors (Lipinski definition) is 1. The van der Waals surface area contributed by atoms with Gasteiger partial charge in [-0.15, -0.1) is 0 Å². The van der Waals surface area contributed by atoms with Crippen molar-refractivity contribution in [2.75, 3.05) is 0 Å². The van der Waals surface area contributed by atoms with E-state index in [1.54, 1.807) is 12.1 Å². The van der Waals surface area contributed by atoms with Gasteiger partial charge in [0.05, 0.1) is 0 Å². The SMILES string of the molecule is Cc1ccc(O[C@H](Cc2ccccc2Oc2ccccc2)C(=O)O)cc1. The lowest BCUT2D eigenvalue weighted by molar-refractivity contribution is -0.145. The number of para-hydroxylation sites is 2. The topological polar surface area (TPSA) is 55.8 Å². The lowest BCUT2D eigenvalue weighted by Gasteiger charge is -2.17. The van der Waals surface area contributed by atoms with Gasteiger partial charge in [-0.1, -0.05) is 54.1 Å². The number of carboxylic acid groups (broad SMARTS) is 1. The third kappa shape index (κ3) is 4.63. The lowest BCUT2D eigenvalue weighted by Crippen LogP contribution is -2.29. The predicted octanol–water partition coefficient (Wildman–Crippen LogP) is 4.86. The minimum atomic E-state index is -1.01. The van der Waals surface area contributed by atoms with Gasteiger partial charge in [0.1, 0.15) is 17.2 Å². The fourth-order valence-corrected chi connectivity index (χ4v) is 2.55. The molecule has 26 heavy (non-hydrogen) atoms. The smallest absolute Gasteiger partial charge is 0.345 e. The van der Waals surface area contributed by atoms with Crippen molar-refractivity contribution in [3.63, 3.8) is 0 Å². The second kappa shape index (κ2) is 8.21. The molecule has 0 heterocycles. The molecule has 0 saturated carbocycles. The van der Waals surface area contributed by atoms with Crippen molar-refractivity contribution in [2.45, 2.75) is 19.4 Å². The molecule has 3 aromatic rings. The van der Waals surface area contributed by atoms with Crippen LogP contribution in [0.1, 0.15) is 11.1 Å². The maximum absolute atomic E-state index is 11.7. The van der Waals surface area contributed by atoms with Crippen molar-refractivity contribution in [1.29, 1.82) is 0 Å². The van der Waals surface area contributed by atoms with Crippen molar-refractivity contribution in [3.05, 3.63) is 90.0 Å². The highest BCUT2D eigenvalue weighted by atomic mass is 16.5. The summed E-state index contributed by atoms with van der Waals surface area (Å²) in [6, 6.07) is 24.1. The number of carbonyl (C=O) groups is 1. The maximum atomic E-state index is 11.7. The summed E-state index contributed by atoms with van der Waals surface area (Å²) in [7, 11) is 0. The van der Waals surface area contributed by atoms with Crippen LogP contribution in [-0.2, 0) is 11.2 Å². The van der Waals surface area contributed by atoms with Crippen LogP contribution in [-0.4, -0.2) is 17.2 Å². The molecule has 1 atom stereocenters. The first-order valence-corrected chi connectivity index (χ1v) is 8.39. The fourth-order valence-electron chi connectivity index (χ4n) is 2.55. The Balaban J connectivity index is 1.79. The second-order valence-corrected chi connectivity index (χ2v) is 5.98. The standard InChI is InChI=1S/C22H20O4/c1-16-11-13-19(14-12-16)26-21(22(23)24)15-17-7-5-6-10-20(17)25-18-8-3-2-4-9-18/h2-14,21H,15H2,1H3,(H,23,24)/t21-/m1/s1. The first-order valence-electron chi connectivity index (χ1n) is 8.39. The molecule has 0 aliphatic carbocycles. The monoisotopic (exact) mass is 348 g/mol. The molecule has 3 rings (SSSR count). The number of aryl methyl sites for hydroxylation is 1. The van der Waals surface area contributed by atoms with Crippen LogP contribution >= 0.6 is 0 Å². The van der Waals surface area contributed by atoms with Crippen LogP contribution in [0, 0.1) is 6.92 Å². The Bertz CT molecular complexity index is 857. The van der Waals surface area contributed by atoms with Crippen LogP contribution in [0.2, 0.25) is 0 Å². The zero-order chi connectivity index (χ0) is 18.4. The third-order valence-electron chi connectivity index (χ3n) is 3.92. The van der Waals surface area contributed by atoms with Crippen molar-refractivity contribution in [1.82, 2.24) is 0 Å². The lowest BCUT2D eigenvalue weighted by atomic mass is 10.1. The second-order valence-electron chi connectivity index (χ2n) is 5.98. The normalized spacial score (nSPS) is 11.6. The van der Waals surface area contributed by atoms with Gasteiger partial charge in [-0.25, -0.2) is 4.79 Å². The van der Waals surface area contributed by atoms with Crippen molar-refractivity contribution in [2.24, 2.45) is 0 Å². The Kier molecular flexibility index (Phi) is 5.54. The van der Waals surface area contributed by atoms with Gasteiger partial charge < -0.3 is 14.6 Å². The molecule has 0 spiro atoms. The molecule has 0 fully saturated rings. The van der Waals surface area contributed by atoms with Gasteiger partial charge in [-0.3, -0.25) is 0 Å². The van der Waals surface area contributed by atoms with Crippen molar-refractivity contribution < 1.29 is 19.4 Å². The van der Waals surface area contributed by atoms with Crippen LogP contribution in [0.4, 0.5) is 0 Å². The molecule has 0 aliphatic rings. The minimum absolute atomic E-state index is 0.201. The van der Waals surface area contributed by atoms with Crippen LogP contribution in [0.15, 0.2) is 78.9 Å². The maximum Gasteiger partial charge on any atom is 0.345 e. The molecule has 0 aromatic heterocycles. The van der Waals surface area contributed by atoms with Gasteiger partial charge in [0.15, 0.2) is 6.10 Å². The Morgan fingerprint density at radius 3 is 2.23 bits per heavy atom. The highest BCUT2D eigenvalue weighted by Gasteiger charge is 2.22. The summed E-state index contributed by atoms with van der Waals surface area (Å²) in [6.07, 6.45) is -0.801. The highest BCUT2D eigenvalue weighted by Crippen LogP contribution is 2.27. The highest BCUT2D eigenvalue weighted by molar-refractivity contribution is 5.73. The van der Waals surface area contributed by atoms with E-state index in [1.807, 2.05) is 73.7 Å². The van der Waals surface area contributed by atoms with Gasteiger partial charge in [0.2, 0.25) is 0 Å². The summed E-state index contributed by atoms with van der Waals surface area (Å²) in [5.74, 6) is 0.841. The van der Waals surface area contributed by atoms with E-state index in [9.17, 15) is 9.90 Å². The number of rotatable bonds is 7. The van der Waals surface area contributed by atoms with Crippen molar-refractivity contribution >= 4 is 5.97 Å². The van der Waals surface area contributed by atoms with Gasteiger partial charge in [0.25, 0.3) is 0 Å². The zero-order valence-electron chi connectivity index (χ0n) is 14.5. The van der Waals surface area contributed by atoms with E-state index in [0.717, 1.165) is 11.1 Å². The van der Waals surface area contributed by atoms with E-state index in [2.05, 4.69) is 0 Å². The molecular weight excluding hydrogens is 328 g/mol. The Labute approximate surface area is 152 Å². The summed E-state index contributed by atoms with van der Waals surface area (Å²) in [5.41, 5.74) is 1.86. The number of benzene rings is 3. The Hall–Kier alpha value is -3.27. The molecule has 0 unspecified atom stereocenters. The minimum Gasteiger partial charge on any atom is -0.478 e. The quantitative estimate of drug-likeness (QED) is 0.662. The average Bonchev–Trinajstić information content (AvgIpc) is 2.65. The fraction of sp³-hybridized carbons (Fsp3) is 0.136. The van der Waals surface area contributed by atoms with Gasteiger partial charge in [-0.2, -0.15) is 0 Å². The van der Waals surface area contributed by atoms with Crippen molar-refractivity contribution in [3.8, 4) is 17.2 Å². The summed E-state index contributed by atoms with van der Waals surface area (Å²) in [4.78, 5) is 11.7. The summed E-state index contributed by atoms with van der Waals surface area (Å²) < 4.78 is 11.6. The number of ether oxygens (including phenoxy) is 2. The third-order valence-corrected chi connectivity index (χ3v) is 3.92. The molecule has 0 radical (unpaired) electrons. The molecule has 132 valence electrons. The first kappa shape index (κ1) is 17.5. The van der Waals surface area contributed by atoms with Crippen LogP contribution < -0.4 is 9.47 Å². The molecule has 0 saturated heterocycles. The summed E-state index contributed by atoms with van der Waals surface area (Å²) in [5, 5.41) is 9.57. The number of carboxylic acids is 1. The Morgan fingerprint density at radius 2 is 1.54 bits per heavy atom. The molecule has 0 amide bonds. The van der Waals surface area contributed by atoms with Crippen LogP contribution in [0.25, 0.3) is 0 Å². The first-order chi connectivity index (χ1) is 12.6. The van der Waals surface area contributed by atoms with E-state index < -0.39 is 12.1 Å². The van der Waals surface area contributed by atoms with Gasteiger partial charge in [-0.05, 0) is 42.8 Å². The summed E-state index contributed by atoms with van der Waals surface area (Å²) in [6.45, 7) is 1.97. The predicted molar refractivity (Wildman–Crippen MR) is 99.9 cm³/mol. The molecule has 0 aliphatic heterocycles. The summed E-state index contributed by atoms with van der Waals surface area (Å²) >= 11 is 0. The van der Waals surface area contributed by atoms with Gasteiger partial charge >= 0.3 is 5.97 Å². The van der Waals surface area contributed by atoms with E-state index in [4.69, 9.17) is 9.47 Å². The number of hydrogen-bond acceptors (Lipinski definition) is 3. The average molecular weight is 348 g/mol. The van der Waals surface area contributed by atoms with E-state index in [0.29, 0.717) is 17.2 Å². The van der Waals surface area contributed by atoms with Crippen LogP contribution in [0.5, 0.6) is 17.2 Å². The Morgan fingerprint density at radius 1 is 0.885 bits per heavy atom. The molecule has 0 bridgehead atoms. The van der Waals surface area contributed by atoms with E-state index in [-0.39, 0.29) is 6.42 Å². The molecule has 3 aromatic carbocycles. The van der Waals surface area contributed by atoms with E-state index >= 15 is 0 Å². The van der Waals surface area contributed by atoms with E-state index in [1.165, 1.54) is 0 Å². The molecule has 4 heteroatoms. The number of aliphatic carboxylic acids is 1. The zero-order valence-corrected chi connectivity index (χ0v) is 14.5. The van der Waals surface area contributed by atoms with Gasteiger partial charge in [0, 0.05) is 6.42 Å². The molecule has 1 N–H and O–H groups in total. The van der Waals surface area contributed by atoms with Crippen LogP contribution in [0.3, 0.4) is 0 Å². The molecule has 4 nitrogen and oxygen atoms in total.